The van der Waals surface area contributed by atoms with Gasteiger partial charge in [-0.25, -0.2) is 4.98 Å². The van der Waals surface area contributed by atoms with Crippen molar-refractivity contribution < 1.29 is 4.74 Å². The summed E-state index contributed by atoms with van der Waals surface area (Å²) >= 11 is 0. The van der Waals surface area contributed by atoms with Crippen molar-refractivity contribution in [1.29, 1.82) is 0 Å². The van der Waals surface area contributed by atoms with Crippen molar-refractivity contribution in [2.75, 3.05) is 51.1 Å². The predicted molar refractivity (Wildman–Crippen MR) is 106 cm³/mol. The third-order valence-corrected chi connectivity index (χ3v) is 5.02. The van der Waals surface area contributed by atoms with Crippen LogP contribution in [0.15, 0.2) is 36.5 Å². The van der Waals surface area contributed by atoms with E-state index >= 15 is 0 Å². The van der Waals surface area contributed by atoms with Crippen LogP contribution in [0.1, 0.15) is 18.4 Å². The summed E-state index contributed by atoms with van der Waals surface area (Å²) in [5.41, 5.74) is 1.24. The number of aromatic nitrogens is 2. The average molecular weight is 355 g/mol. The Labute approximate surface area is 156 Å². The highest BCUT2D eigenvalue weighted by molar-refractivity contribution is 5.42. The Kier molecular flexibility index (Phi) is 5.93. The standard InChI is InChI=1S/C20H29N5O/c1-23(2)19-11-12-21-20(22-19)24(3)17-9-7-13-25(15-17)14-16-8-5-6-10-18(16)26-4/h5-6,8,10-12,17H,7,9,13-15H2,1-4H3. The Morgan fingerprint density at radius 2 is 2.00 bits per heavy atom. The molecule has 1 fully saturated rings. The molecule has 2 heterocycles. The van der Waals surface area contributed by atoms with Crippen LogP contribution in [0.4, 0.5) is 11.8 Å². The number of rotatable bonds is 6. The van der Waals surface area contributed by atoms with Crippen molar-refractivity contribution in [2.24, 2.45) is 0 Å². The van der Waals surface area contributed by atoms with E-state index in [4.69, 9.17) is 4.74 Å². The van der Waals surface area contributed by atoms with Crippen molar-refractivity contribution >= 4 is 11.8 Å². The SMILES string of the molecule is COc1ccccc1CN1CCCC(N(C)c2nccc(N(C)C)n2)C1. The first-order valence-corrected chi connectivity index (χ1v) is 9.16. The minimum Gasteiger partial charge on any atom is -0.496 e. The summed E-state index contributed by atoms with van der Waals surface area (Å²) < 4.78 is 5.50. The van der Waals surface area contributed by atoms with Gasteiger partial charge in [0.2, 0.25) is 5.95 Å². The third kappa shape index (κ3) is 4.25. The molecule has 1 unspecified atom stereocenters. The van der Waals surface area contributed by atoms with Crippen LogP contribution in [0.3, 0.4) is 0 Å². The quantitative estimate of drug-likeness (QED) is 0.794. The van der Waals surface area contributed by atoms with Crippen molar-refractivity contribution in [2.45, 2.75) is 25.4 Å². The monoisotopic (exact) mass is 355 g/mol. The summed E-state index contributed by atoms with van der Waals surface area (Å²) in [6, 6.07) is 10.6. The summed E-state index contributed by atoms with van der Waals surface area (Å²) in [4.78, 5) is 15.9. The molecule has 1 aliphatic heterocycles. The van der Waals surface area contributed by atoms with Crippen LogP contribution in [-0.4, -0.2) is 62.3 Å². The van der Waals surface area contributed by atoms with Gasteiger partial charge >= 0.3 is 0 Å². The Morgan fingerprint density at radius 3 is 2.77 bits per heavy atom. The number of piperidine rings is 1. The number of ether oxygens (including phenoxy) is 1. The highest BCUT2D eigenvalue weighted by Crippen LogP contribution is 2.24. The number of likely N-dealkylation sites (tertiary alicyclic amines) is 1. The minimum absolute atomic E-state index is 0.413. The smallest absolute Gasteiger partial charge is 0.227 e. The highest BCUT2D eigenvalue weighted by Gasteiger charge is 2.25. The minimum atomic E-state index is 0.413. The van der Waals surface area contributed by atoms with Crippen LogP contribution in [0.2, 0.25) is 0 Å². The molecule has 140 valence electrons. The van der Waals surface area contributed by atoms with Crippen LogP contribution in [0.25, 0.3) is 0 Å². The molecule has 26 heavy (non-hydrogen) atoms. The zero-order chi connectivity index (χ0) is 18.5. The van der Waals surface area contributed by atoms with Crippen molar-refractivity contribution in [3.63, 3.8) is 0 Å². The van der Waals surface area contributed by atoms with Gasteiger partial charge in [0.1, 0.15) is 11.6 Å². The van der Waals surface area contributed by atoms with Gasteiger partial charge in [-0.05, 0) is 31.5 Å². The van der Waals surface area contributed by atoms with E-state index in [1.54, 1.807) is 7.11 Å². The molecule has 0 bridgehead atoms. The van der Waals surface area contributed by atoms with E-state index in [9.17, 15) is 0 Å². The second-order valence-electron chi connectivity index (χ2n) is 7.06. The Balaban J connectivity index is 1.69. The largest absolute Gasteiger partial charge is 0.496 e. The molecule has 1 aliphatic rings. The van der Waals surface area contributed by atoms with Crippen LogP contribution in [-0.2, 0) is 6.54 Å². The fourth-order valence-corrected chi connectivity index (χ4v) is 3.49. The number of hydrogen-bond donors (Lipinski definition) is 0. The molecule has 0 saturated carbocycles. The molecular formula is C20H29N5O. The topological polar surface area (TPSA) is 44.7 Å². The number of methoxy groups -OCH3 is 1. The molecule has 3 rings (SSSR count). The maximum atomic E-state index is 5.50. The van der Waals surface area contributed by atoms with E-state index in [1.807, 2.05) is 43.4 Å². The molecule has 0 amide bonds. The van der Waals surface area contributed by atoms with Crippen molar-refractivity contribution in [3.05, 3.63) is 42.1 Å². The summed E-state index contributed by atoms with van der Waals surface area (Å²) in [6.45, 7) is 3.03. The molecule has 0 spiro atoms. The normalized spacial score (nSPS) is 17.8. The van der Waals surface area contributed by atoms with Crippen molar-refractivity contribution in [3.8, 4) is 5.75 Å². The molecule has 6 nitrogen and oxygen atoms in total. The molecule has 0 N–H and O–H groups in total. The Morgan fingerprint density at radius 1 is 1.19 bits per heavy atom. The van der Waals surface area contributed by atoms with E-state index in [-0.39, 0.29) is 0 Å². The maximum absolute atomic E-state index is 5.50. The number of nitrogens with zero attached hydrogens (tertiary/aromatic N) is 5. The first-order valence-electron chi connectivity index (χ1n) is 9.16. The Hall–Kier alpha value is -2.34. The van der Waals surface area contributed by atoms with Crippen LogP contribution in [0, 0.1) is 0 Å². The first kappa shape index (κ1) is 18.5. The first-order chi connectivity index (χ1) is 12.6. The molecule has 1 aromatic heterocycles. The fraction of sp³-hybridized carbons (Fsp3) is 0.500. The maximum Gasteiger partial charge on any atom is 0.227 e. The van der Waals surface area contributed by atoms with E-state index in [0.717, 1.165) is 43.6 Å². The molecule has 6 heteroatoms. The number of hydrogen-bond acceptors (Lipinski definition) is 6. The predicted octanol–water partition coefficient (Wildman–Crippen LogP) is 2.65. The van der Waals surface area contributed by atoms with Crippen molar-refractivity contribution in [1.82, 2.24) is 14.9 Å². The van der Waals surface area contributed by atoms with E-state index in [2.05, 4.69) is 38.9 Å². The highest BCUT2D eigenvalue weighted by atomic mass is 16.5. The van der Waals surface area contributed by atoms with E-state index < -0.39 is 0 Å². The lowest BCUT2D eigenvalue weighted by atomic mass is 10.0. The van der Waals surface area contributed by atoms with Gasteiger partial charge in [0, 0.05) is 52.0 Å². The molecule has 0 aliphatic carbocycles. The molecule has 2 aromatic rings. The van der Waals surface area contributed by atoms with Gasteiger partial charge < -0.3 is 14.5 Å². The zero-order valence-corrected chi connectivity index (χ0v) is 16.2. The second kappa shape index (κ2) is 8.36. The van der Waals surface area contributed by atoms with Gasteiger partial charge in [0.15, 0.2) is 0 Å². The fourth-order valence-electron chi connectivity index (χ4n) is 3.49. The number of anilines is 2. The van der Waals surface area contributed by atoms with E-state index in [0.29, 0.717) is 6.04 Å². The molecular weight excluding hydrogens is 326 g/mol. The molecule has 1 atom stereocenters. The number of benzene rings is 1. The van der Waals surface area contributed by atoms with E-state index in [1.165, 1.54) is 12.0 Å². The van der Waals surface area contributed by atoms with Gasteiger partial charge in [-0.1, -0.05) is 18.2 Å². The van der Waals surface area contributed by atoms with Gasteiger partial charge in [-0.15, -0.1) is 0 Å². The van der Waals surface area contributed by atoms with Crippen LogP contribution < -0.4 is 14.5 Å². The van der Waals surface area contributed by atoms with Crippen LogP contribution in [0.5, 0.6) is 5.75 Å². The lowest BCUT2D eigenvalue weighted by Gasteiger charge is -2.38. The summed E-state index contributed by atoms with van der Waals surface area (Å²) in [7, 11) is 7.84. The molecule has 1 saturated heterocycles. The van der Waals surface area contributed by atoms with Gasteiger partial charge in [0.05, 0.1) is 7.11 Å². The van der Waals surface area contributed by atoms with Gasteiger partial charge in [0.25, 0.3) is 0 Å². The summed E-state index contributed by atoms with van der Waals surface area (Å²) in [5.74, 6) is 2.69. The summed E-state index contributed by atoms with van der Waals surface area (Å²) in [6.07, 6.45) is 4.18. The number of para-hydroxylation sites is 1. The summed E-state index contributed by atoms with van der Waals surface area (Å²) in [5, 5.41) is 0. The second-order valence-corrected chi connectivity index (χ2v) is 7.06. The van der Waals surface area contributed by atoms with Crippen LogP contribution >= 0.6 is 0 Å². The average Bonchev–Trinajstić information content (AvgIpc) is 2.68. The Bertz CT molecular complexity index is 721. The lowest BCUT2D eigenvalue weighted by molar-refractivity contribution is 0.196. The van der Waals surface area contributed by atoms with Gasteiger partial charge in [-0.3, -0.25) is 4.90 Å². The zero-order valence-electron chi connectivity index (χ0n) is 16.2. The van der Waals surface area contributed by atoms with Gasteiger partial charge in [-0.2, -0.15) is 4.98 Å². The molecule has 0 radical (unpaired) electrons. The third-order valence-electron chi connectivity index (χ3n) is 5.02. The lowest BCUT2D eigenvalue weighted by Crippen LogP contribution is -2.46. The molecule has 1 aromatic carbocycles. The number of likely N-dealkylation sites (N-methyl/N-ethyl adjacent to an activating group) is 1.